The van der Waals surface area contributed by atoms with Crippen LogP contribution in [-0.4, -0.2) is 18.1 Å². The fourth-order valence-electron chi connectivity index (χ4n) is 2.08. The topological polar surface area (TPSA) is 24.9 Å². The van der Waals surface area contributed by atoms with E-state index in [2.05, 4.69) is 38.4 Å². The molecule has 1 aromatic heterocycles. The molecule has 0 amide bonds. The molecule has 0 saturated carbocycles. The summed E-state index contributed by atoms with van der Waals surface area (Å²) >= 11 is 9.47. The van der Waals surface area contributed by atoms with E-state index in [4.69, 9.17) is 11.6 Å². The van der Waals surface area contributed by atoms with Gasteiger partial charge in [-0.25, -0.2) is 0 Å². The number of likely N-dealkylation sites (N-methyl/N-ethyl adjacent to an activating group) is 1. The Hall–Kier alpha value is -0.900. The number of nitrogens with zero attached hydrogens (tertiary/aromatic N) is 1. The molecule has 1 unspecified atom stereocenters. The Bertz CT molecular complexity index is 498. The van der Waals surface area contributed by atoms with Crippen LogP contribution < -0.4 is 5.32 Å². The average molecular weight is 340 g/mol. The molecule has 0 radical (unpaired) electrons. The molecule has 0 spiro atoms. The van der Waals surface area contributed by atoms with Crippen LogP contribution in [-0.2, 0) is 12.8 Å². The second-order valence-corrected chi connectivity index (χ2v) is 5.89. The van der Waals surface area contributed by atoms with Crippen molar-refractivity contribution in [3.8, 4) is 0 Å². The third kappa shape index (κ3) is 4.60. The van der Waals surface area contributed by atoms with Crippen LogP contribution in [0, 0.1) is 0 Å². The van der Waals surface area contributed by atoms with E-state index in [9.17, 15) is 0 Å². The van der Waals surface area contributed by atoms with E-state index in [1.165, 1.54) is 11.1 Å². The predicted molar refractivity (Wildman–Crippen MR) is 83.6 cm³/mol. The Kier molecular flexibility index (Phi) is 5.37. The molecule has 0 aliphatic heterocycles. The maximum absolute atomic E-state index is 6.02. The molecule has 0 aliphatic carbocycles. The van der Waals surface area contributed by atoms with Crippen molar-refractivity contribution in [3.05, 3.63) is 63.3 Å². The summed E-state index contributed by atoms with van der Waals surface area (Å²) in [5.41, 5.74) is 2.46. The molecule has 100 valence electrons. The van der Waals surface area contributed by atoms with Crippen molar-refractivity contribution in [2.75, 3.05) is 7.05 Å². The predicted octanol–water partition coefficient (Wildman–Crippen LogP) is 3.87. The van der Waals surface area contributed by atoms with Gasteiger partial charge in [0.1, 0.15) is 0 Å². The SMILES string of the molecule is CNC(Cc1cccc(Cl)c1)Cc1cncc(Br)c1. The Morgan fingerprint density at radius 1 is 1.21 bits per heavy atom. The minimum absolute atomic E-state index is 0.370. The molecule has 4 heteroatoms. The van der Waals surface area contributed by atoms with Gasteiger partial charge in [0, 0.05) is 27.9 Å². The van der Waals surface area contributed by atoms with Crippen LogP contribution in [0.1, 0.15) is 11.1 Å². The van der Waals surface area contributed by atoms with Crippen LogP contribution in [0.4, 0.5) is 0 Å². The Labute approximate surface area is 127 Å². The lowest BCUT2D eigenvalue weighted by Gasteiger charge is -2.16. The molecule has 0 saturated heterocycles. The highest BCUT2D eigenvalue weighted by atomic mass is 79.9. The maximum atomic E-state index is 6.02. The molecular weight excluding hydrogens is 324 g/mol. The highest BCUT2D eigenvalue weighted by Gasteiger charge is 2.09. The number of halogens is 2. The standard InChI is InChI=1S/C15H16BrClN2/c1-18-15(7-11-3-2-4-14(17)6-11)8-12-5-13(16)10-19-9-12/h2-6,9-10,15,18H,7-8H2,1H3. The second-order valence-electron chi connectivity index (χ2n) is 4.54. The van der Waals surface area contributed by atoms with Crippen LogP contribution in [0.2, 0.25) is 5.02 Å². The quantitative estimate of drug-likeness (QED) is 0.894. The third-order valence-electron chi connectivity index (χ3n) is 3.02. The number of rotatable bonds is 5. The van der Waals surface area contributed by atoms with Crippen molar-refractivity contribution >= 4 is 27.5 Å². The summed E-state index contributed by atoms with van der Waals surface area (Å²) < 4.78 is 1.02. The molecule has 1 N–H and O–H groups in total. The first-order valence-electron chi connectivity index (χ1n) is 6.18. The summed E-state index contributed by atoms with van der Waals surface area (Å²) in [5.74, 6) is 0. The van der Waals surface area contributed by atoms with Crippen LogP contribution >= 0.6 is 27.5 Å². The van der Waals surface area contributed by atoms with Crippen molar-refractivity contribution in [1.82, 2.24) is 10.3 Å². The van der Waals surface area contributed by atoms with Crippen molar-refractivity contribution in [3.63, 3.8) is 0 Å². The largest absolute Gasteiger partial charge is 0.316 e. The number of hydrogen-bond donors (Lipinski definition) is 1. The van der Waals surface area contributed by atoms with Crippen LogP contribution in [0.5, 0.6) is 0 Å². The number of hydrogen-bond acceptors (Lipinski definition) is 2. The van der Waals surface area contributed by atoms with E-state index >= 15 is 0 Å². The number of aromatic nitrogens is 1. The monoisotopic (exact) mass is 338 g/mol. The van der Waals surface area contributed by atoms with E-state index in [-0.39, 0.29) is 0 Å². The van der Waals surface area contributed by atoms with E-state index < -0.39 is 0 Å². The van der Waals surface area contributed by atoms with Crippen molar-refractivity contribution in [1.29, 1.82) is 0 Å². The number of benzene rings is 1. The van der Waals surface area contributed by atoms with Gasteiger partial charge in [0.05, 0.1) is 0 Å². The highest BCUT2D eigenvalue weighted by molar-refractivity contribution is 9.10. The lowest BCUT2D eigenvalue weighted by atomic mass is 10.00. The average Bonchev–Trinajstić information content (AvgIpc) is 2.38. The molecular formula is C15H16BrClN2. The van der Waals surface area contributed by atoms with E-state index in [1.807, 2.05) is 31.4 Å². The van der Waals surface area contributed by atoms with Crippen LogP contribution in [0.15, 0.2) is 47.2 Å². The lowest BCUT2D eigenvalue weighted by molar-refractivity contribution is 0.555. The zero-order valence-corrected chi connectivity index (χ0v) is 13.1. The Morgan fingerprint density at radius 2 is 2.00 bits per heavy atom. The van der Waals surface area contributed by atoms with E-state index in [0.29, 0.717) is 6.04 Å². The first-order chi connectivity index (χ1) is 9.17. The summed E-state index contributed by atoms with van der Waals surface area (Å²) in [4.78, 5) is 4.20. The first kappa shape index (κ1) is 14.5. The third-order valence-corrected chi connectivity index (χ3v) is 3.69. The molecule has 2 aromatic rings. The fourth-order valence-corrected chi connectivity index (χ4v) is 2.70. The van der Waals surface area contributed by atoms with E-state index in [1.54, 1.807) is 6.20 Å². The number of nitrogens with one attached hydrogen (secondary N) is 1. The normalized spacial score (nSPS) is 12.4. The molecule has 1 atom stereocenters. The van der Waals surface area contributed by atoms with Gasteiger partial charge in [0.2, 0.25) is 0 Å². The maximum Gasteiger partial charge on any atom is 0.0410 e. The zero-order chi connectivity index (χ0) is 13.7. The fraction of sp³-hybridized carbons (Fsp3) is 0.267. The summed E-state index contributed by atoms with van der Waals surface area (Å²) in [6, 6.07) is 10.5. The molecule has 1 aromatic carbocycles. The van der Waals surface area contributed by atoms with Crippen molar-refractivity contribution in [2.45, 2.75) is 18.9 Å². The summed E-state index contributed by atoms with van der Waals surface area (Å²) in [6.07, 6.45) is 5.60. The van der Waals surface area contributed by atoms with Gasteiger partial charge >= 0.3 is 0 Å². The Balaban J connectivity index is 2.04. The minimum Gasteiger partial charge on any atom is -0.316 e. The summed E-state index contributed by atoms with van der Waals surface area (Å²) in [5, 5.41) is 4.14. The molecule has 2 rings (SSSR count). The van der Waals surface area contributed by atoms with E-state index in [0.717, 1.165) is 22.3 Å². The van der Waals surface area contributed by atoms with Gasteiger partial charge in [-0.15, -0.1) is 0 Å². The summed E-state index contributed by atoms with van der Waals surface area (Å²) in [6.45, 7) is 0. The molecule has 1 heterocycles. The molecule has 0 bridgehead atoms. The van der Waals surface area contributed by atoms with Gasteiger partial charge in [-0.1, -0.05) is 23.7 Å². The van der Waals surface area contributed by atoms with Gasteiger partial charge in [0.15, 0.2) is 0 Å². The minimum atomic E-state index is 0.370. The highest BCUT2D eigenvalue weighted by Crippen LogP contribution is 2.15. The van der Waals surface area contributed by atoms with Gasteiger partial charge in [-0.3, -0.25) is 4.98 Å². The van der Waals surface area contributed by atoms with Crippen LogP contribution in [0.3, 0.4) is 0 Å². The molecule has 2 nitrogen and oxygen atoms in total. The van der Waals surface area contributed by atoms with Gasteiger partial charge < -0.3 is 5.32 Å². The Morgan fingerprint density at radius 3 is 2.68 bits per heavy atom. The number of pyridine rings is 1. The second kappa shape index (κ2) is 7.04. The van der Waals surface area contributed by atoms with Gasteiger partial charge in [0.25, 0.3) is 0 Å². The van der Waals surface area contributed by atoms with Gasteiger partial charge in [-0.2, -0.15) is 0 Å². The van der Waals surface area contributed by atoms with Crippen LogP contribution in [0.25, 0.3) is 0 Å². The smallest absolute Gasteiger partial charge is 0.0410 e. The lowest BCUT2D eigenvalue weighted by Crippen LogP contribution is -2.29. The van der Waals surface area contributed by atoms with Crippen molar-refractivity contribution < 1.29 is 0 Å². The molecule has 0 fully saturated rings. The molecule has 19 heavy (non-hydrogen) atoms. The summed E-state index contributed by atoms with van der Waals surface area (Å²) in [7, 11) is 1.99. The van der Waals surface area contributed by atoms with Crippen molar-refractivity contribution in [2.24, 2.45) is 0 Å². The zero-order valence-electron chi connectivity index (χ0n) is 10.7. The van der Waals surface area contributed by atoms with Gasteiger partial charge in [-0.05, 0) is 65.1 Å². The molecule has 0 aliphatic rings. The first-order valence-corrected chi connectivity index (χ1v) is 7.35.